The lowest BCUT2D eigenvalue weighted by Crippen LogP contribution is -2.35. The van der Waals surface area contributed by atoms with E-state index >= 15 is 0 Å². The molecule has 7 heteroatoms. The normalized spacial score (nSPS) is 15.9. The zero-order chi connectivity index (χ0) is 17.6. The molecule has 0 unspecified atom stereocenters. The third-order valence-electron chi connectivity index (χ3n) is 4.57. The molecular formula is C18H26N4OS2. The molecule has 2 aromatic heterocycles. The molecule has 136 valence electrons. The quantitative estimate of drug-likeness (QED) is 0.602. The first-order valence-electron chi connectivity index (χ1n) is 9.08. The average molecular weight is 379 g/mol. The number of aryl methyl sites for hydroxylation is 1. The molecule has 1 aliphatic carbocycles. The fourth-order valence-electron chi connectivity index (χ4n) is 3.28. The second-order valence-corrected chi connectivity index (χ2v) is 8.60. The molecule has 1 fully saturated rings. The van der Waals surface area contributed by atoms with Gasteiger partial charge in [-0.15, -0.1) is 21.5 Å². The van der Waals surface area contributed by atoms with Gasteiger partial charge in [-0.05, 0) is 32.8 Å². The topological polar surface area (TPSA) is 59.8 Å². The molecule has 0 saturated heterocycles. The number of carbonyl (C=O) groups is 1. The molecule has 1 N–H and O–H groups in total. The zero-order valence-corrected chi connectivity index (χ0v) is 16.6. The lowest BCUT2D eigenvalue weighted by atomic mass is 10.1. The predicted octanol–water partition coefficient (Wildman–Crippen LogP) is 4.27. The van der Waals surface area contributed by atoms with Gasteiger partial charge in [-0.2, -0.15) is 0 Å². The van der Waals surface area contributed by atoms with Crippen molar-refractivity contribution in [3.63, 3.8) is 0 Å². The van der Waals surface area contributed by atoms with Crippen molar-refractivity contribution < 1.29 is 4.79 Å². The van der Waals surface area contributed by atoms with Crippen LogP contribution >= 0.6 is 23.1 Å². The van der Waals surface area contributed by atoms with Crippen LogP contribution in [0.3, 0.4) is 0 Å². The standard InChI is InChI=1S/C18H26N4OS2/c1-3-22-17(14-10-13(2)24-11-14)20-21-18(22)25-12-16(23)19-15-8-6-4-5-7-9-15/h10-11,15H,3-9,12H2,1-2H3,(H,19,23). The van der Waals surface area contributed by atoms with Crippen LogP contribution in [0.5, 0.6) is 0 Å². The number of hydrogen-bond acceptors (Lipinski definition) is 5. The fraction of sp³-hybridized carbons (Fsp3) is 0.611. The van der Waals surface area contributed by atoms with E-state index in [1.807, 2.05) is 0 Å². The molecule has 25 heavy (non-hydrogen) atoms. The van der Waals surface area contributed by atoms with E-state index in [4.69, 9.17) is 0 Å². The molecule has 1 amide bonds. The number of aromatic nitrogens is 3. The van der Waals surface area contributed by atoms with Gasteiger partial charge in [0.25, 0.3) is 0 Å². The van der Waals surface area contributed by atoms with E-state index in [1.165, 1.54) is 42.3 Å². The Balaban J connectivity index is 1.59. The Bertz CT molecular complexity index is 702. The summed E-state index contributed by atoms with van der Waals surface area (Å²) in [7, 11) is 0. The summed E-state index contributed by atoms with van der Waals surface area (Å²) >= 11 is 3.19. The number of rotatable bonds is 6. The number of amides is 1. The van der Waals surface area contributed by atoms with Crippen molar-refractivity contribution in [2.75, 3.05) is 5.75 Å². The number of nitrogens with one attached hydrogen (secondary N) is 1. The molecular weight excluding hydrogens is 352 g/mol. The van der Waals surface area contributed by atoms with Crippen molar-refractivity contribution in [2.24, 2.45) is 0 Å². The Hall–Kier alpha value is -1.34. The van der Waals surface area contributed by atoms with Crippen LogP contribution in [-0.4, -0.2) is 32.5 Å². The largest absolute Gasteiger partial charge is 0.353 e. The molecule has 5 nitrogen and oxygen atoms in total. The van der Waals surface area contributed by atoms with E-state index in [0.717, 1.165) is 35.9 Å². The Morgan fingerprint density at radius 1 is 1.32 bits per heavy atom. The smallest absolute Gasteiger partial charge is 0.230 e. The second kappa shape index (κ2) is 8.85. The van der Waals surface area contributed by atoms with Crippen LogP contribution in [-0.2, 0) is 11.3 Å². The Kier molecular flexibility index (Phi) is 6.53. The Morgan fingerprint density at radius 3 is 2.72 bits per heavy atom. The van der Waals surface area contributed by atoms with E-state index in [9.17, 15) is 4.79 Å². The molecule has 3 rings (SSSR count). The summed E-state index contributed by atoms with van der Waals surface area (Å²) in [6.45, 7) is 4.97. The summed E-state index contributed by atoms with van der Waals surface area (Å²) in [5.41, 5.74) is 1.10. The van der Waals surface area contributed by atoms with Crippen LogP contribution in [0.15, 0.2) is 16.6 Å². The monoisotopic (exact) mass is 378 g/mol. The SMILES string of the molecule is CCn1c(SCC(=O)NC2CCCCCC2)nnc1-c1csc(C)c1. The third-order valence-corrected chi connectivity index (χ3v) is 6.40. The van der Waals surface area contributed by atoms with Crippen LogP contribution in [0.1, 0.15) is 50.3 Å². The molecule has 2 heterocycles. The first-order valence-corrected chi connectivity index (χ1v) is 10.9. The van der Waals surface area contributed by atoms with Crippen molar-refractivity contribution in [3.8, 4) is 11.4 Å². The second-order valence-electron chi connectivity index (χ2n) is 6.54. The minimum atomic E-state index is 0.107. The van der Waals surface area contributed by atoms with Gasteiger partial charge < -0.3 is 9.88 Å². The summed E-state index contributed by atoms with van der Waals surface area (Å²) in [5.74, 6) is 1.39. The number of carbonyl (C=O) groups excluding carboxylic acids is 1. The van der Waals surface area contributed by atoms with Crippen LogP contribution in [0, 0.1) is 6.92 Å². The van der Waals surface area contributed by atoms with Crippen LogP contribution in [0.4, 0.5) is 0 Å². The molecule has 0 aliphatic heterocycles. The van der Waals surface area contributed by atoms with E-state index < -0.39 is 0 Å². The van der Waals surface area contributed by atoms with Crippen molar-refractivity contribution in [1.29, 1.82) is 0 Å². The summed E-state index contributed by atoms with van der Waals surface area (Å²) in [4.78, 5) is 13.6. The number of hydrogen-bond donors (Lipinski definition) is 1. The number of thioether (sulfide) groups is 1. The summed E-state index contributed by atoms with van der Waals surface area (Å²) in [6.07, 6.45) is 7.28. The maximum Gasteiger partial charge on any atom is 0.230 e. The van der Waals surface area contributed by atoms with Crippen molar-refractivity contribution in [2.45, 2.75) is 70.1 Å². The maximum atomic E-state index is 12.3. The molecule has 0 aromatic carbocycles. The summed E-state index contributed by atoms with van der Waals surface area (Å²) < 4.78 is 2.09. The van der Waals surface area contributed by atoms with Crippen molar-refractivity contribution in [3.05, 3.63) is 16.3 Å². The van der Waals surface area contributed by atoms with E-state index in [0.29, 0.717) is 11.8 Å². The van der Waals surface area contributed by atoms with E-state index in [-0.39, 0.29) is 5.91 Å². The van der Waals surface area contributed by atoms with Crippen molar-refractivity contribution >= 4 is 29.0 Å². The predicted molar refractivity (Wildman–Crippen MR) is 104 cm³/mol. The third kappa shape index (κ3) is 4.85. The molecule has 0 spiro atoms. The van der Waals surface area contributed by atoms with Gasteiger partial charge in [-0.25, -0.2) is 0 Å². The van der Waals surface area contributed by atoms with Crippen molar-refractivity contribution in [1.82, 2.24) is 20.1 Å². The van der Waals surface area contributed by atoms with Gasteiger partial charge in [0.2, 0.25) is 5.91 Å². The minimum Gasteiger partial charge on any atom is -0.353 e. The fourth-order valence-corrected chi connectivity index (χ4v) is 4.77. The summed E-state index contributed by atoms with van der Waals surface area (Å²) in [6, 6.07) is 2.48. The van der Waals surface area contributed by atoms with Gasteiger partial charge >= 0.3 is 0 Å². The molecule has 2 aromatic rings. The van der Waals surface area contributed by atoms with E-state index in [2.05, 4.69) is 45.4 Å². The van der Waals surface area contributed by atoms with Crippen LogP contribution < -0.4 is 5.32 Å². The molecule has 0 bridgehead atoms. The lowest BCUT2D eigenvalue weighted by molar-refractivity contribution is -0.119. The highest BCUT2D eigenvalue weighted by atomic mass is 32.2. The lowest BCUT2D eigenvalue weighted by Gasteiger charge is -2.15. The maximum absolute atomic E-state index is 12.3. The first kappa shape index (κ1) is 18.5. The van der Waals surface area contributed by atoms with Crippen LogP contribution in [0.2, 0.25) is 0 Å². The van der Waals surface area contributed by atoms with Gasteiger partial charge in [0.1, 0.15) is 0 Å². The Labute approximate surface area is 157 Å². The zero-order valence-electron chi connectivity index (χ0n) is 15.0. The summed E-state index contributed by atoms with van der Waals surface area (Å²) in [5, 5.41) is 14.8. The Morgan fingerprint density at radius 2 is 2.08 bits per heavy atom. The highest BCUT2D eigenvalue weighted by Gasteiger charge is 2.18. The van der Waals surface area contributed by atoms with Crippen LogP contribution in [0.25, 0.3) is 11.4 Å². The average Bonchev–Trinajstić information content (AvgIpc) is 3.12. The highest BCUT2D eigenvalue weighted by Crippen LogP contribution is 2.27. The molecule has 0 radical (unpaired) electrons. The van der Waals surface area contributed by atoms with E-state index in [1.54, 1.807) is 11.3 Å². The van der Waals surface area contributed by atoms with Gasteiger partial charge in [-0.3, -0.25) is 4.79 Å². The molecule has 1 aliphatic rings. The first-order chi connectivity index (χ1) is 12.2. The van der Waals surface area contributed by atoms with Gasteiger partial charge in [0, 0.05) is 28.4 Å². The number of nitrogens with zero attached hydrogens (tertiary/aromatic N) is 3. The molecule has 0 atom stereocenters. The highest BCUT2D eigenvalue weighted by molar-refractivity contribution is 7.99. The number of thiophene rings is 1. The van der Waals surface area contributed by atoms with Gasteiger partial charge in [0.15, 0.2) is 11.0 Å². The molecule has 1 saturated carbocycles. The van der Waals surface area contributed by atoms with Gasteiger partial charge in [-0.1, -0.05) is 37.4 Å². The van der Waals surface area contributed by atoms with Gasteiger partial charge in [0.05, 0.1) is 5.75 Å². The minimum absolute atomic E-state index is 0.107.